The molecule has 0 bridgehead atoms. The van der Waals surface area contributed by atoms with Crippen molar-refractivity contribution in [2.75, 3.05) is 0 Å². The van der Waals surface area contributed by atoms with Crippen molar-refractivity contribution in [2.24, 2.45) is 5.92 Å². The van der Waals surface area contributed by atoms with Crippen LogP contribution in [-0.4, -0.2) is 5.78 Å². The van der Waals surface area contributed by atoms with Crippen LogP contribution in [0, 0.1) is 19.8 Å². The fraction of sp³-hybridized carbons (Fsp3) is 0.583. The van der Waals surface area contributed by atoms with Crippen LogP contribution in [-0.2, 0) is 11.2 Å². The van der Waals surface area contributed by atoms with E-state index in [1.165, 1.54) is 16.2 Å². The second-order valence-electron chi connectivity index (χ2n) is 4.62. The van der Waals surface area contributed by atoms with E-state index >= 15 is 0 Å². The highest BCUT2D eigenvalue weighted by Gasteiger charge is 2.42. The van der Waals surface area contributed by atoms with Crippen molar-refractivity contribution >= 4 is 17.1 Å². The minimum Gasteiger partial charge on any atom is -0.300 e. The van der Waals surface area contributed by atoms with Crippen LogP contribution in [0.3, 0.4) is 0 Å². The minimum absolute atomic E-state index is 0.480. The van der Waals surface area contributed by atoms with Crippen molar-refractivity contribution in [1.82, 2.24) is 0 Å². The molecule has 1 nitrogen and oxygen atoms in total. The van der Waals surface area contributed by atoms with Crippen LogP contribution in [0.15, 0.2) is 0 Å². The van der Waals surface area contributed by atoms with Gasteiger partial charge in [0.05, 0.1) is 0 Å². The molecule has 2 unspecified atom stereocenters. The molecule has 0 aliphatic heterocycles. The zero-order chi connectivity index (χ0) is 9.87. The number of carbonyl (C=O) groups excluding carboxylic acids is 1. The van der Waals surface area contributed by atoms with E-state index < -0.39 is 0 Å². The maximum atomic E-state index is 11.4. The van der Waals surface area contributed by atoms with Crippen LogP contribution in [0.25, 0.3) is 0 Å². The number of rotatable bonds is 0. The Labute approximate surface area is 88.1 Å². The normalized spacial score (nSPS) is 29.4. The molecule has 0 N–H and O–H groups in total. The Kier molecular flexibility index (Phi) is 1.67. The summed E-state index contributed by atoms with van der Waals surface area (Å²) in [6, 6.07) is 0. The van der Waals surface area contributed by atoms with Crippen molar-refractivity contribution in [3.05, 3.63) is 20.9 Å². The van der Waals surface area contributed by atoms with E-state index in [1.807, 2.05) is 11.3 Å². The quantitative estimate of drug-likeness (QED) is 0.637. The maximum absolute atomic E-state index is 11.4. The van der Waals surface area contributed by atoms with Crippen molar-refractivity contribution in [2.45, 2.75) is 39.0 Å². The van der Waals surface area contributed by atoms with Gasteiger partial charge in [-0.2, -0.15) is 0 Å². The first-order chi connectivity index (χ1) is 6.66. The van der Waals surface area contributed by atoms with E-state index in [9.17, 15) is 4.79 Å². The molecule has 0 radical (unpaired) electrons. The molecule has 1 saturated carbocycles. The third-order valence-corrected chi connectivity index (χ3v) is 4.86. The lowest BCUT2D eigenvalue weighted by Crippen LogP contribution is -1.98. The largest absolute Gasteiger partial charge is 0.300 e. The van der Waals surface area contributed by atoms with Gasteiger partial charge >= 0.3 is 0 Å². The molecule has 74 valence electrons. The van der Waals surface area contributed by atoms with Gasteiger partial charge in [-0.1, -0.05) is 0 Å². The summed E-state index contributed by atoms with van der Waals surface area (Å²) < 4.78 is 0. The van der Waals surface area contributed by atoms with Gasteiger partial charge in [0, 0.05) is 22.6 Å². The lowest BCUT2D eigenvalue weighted by atomic mass is 9.96. The molecule has 0 amide bonds. The van der Waals surface area contributed by atoms with E-state index in [0.717, 1.165) is 12.8 Å². The summed E-state index contributed by atoms with van der Waals surface area (Å²) >= 11 is 1.91. The molecule has 0 saturated heterocycles. The molecular formula is C12H14OS. The van der Waals surface area contributed by atoms with Crippen molar-refractivity contribution in [3.8, 4) is 0 Å². The smallest absolute Gasteiger partial charge is 0.133 e. The van der Waals surface area contributed by atoms with Gasteiger partial charge < -0.3 is 0 Å². The molecule has 2 aliphatic carbocycles. The van der Waals surface area contributed by atoms with Gasteiger partial charge in [0.25, 0.3) is 0 Å². The van der Waals surface area contributed by atoms with Gasteiger partial charge in [-0.15, -0.1) is 11.3 Å². The number of ketones is 1. The maximum Gasteiger partial charge on any atom is 0.133 e. The van der Waals surface area contributed by atoms with Crippen LogP contribution < -0.4 is 0 Å². The number of aryl methyl sites for hydroxylation is 2. The minimum atomic E-state index is 0.480. The Morgan fingerprint density at radius 2 is 1.93 bits per heavy atom. The van der Waals surface area contributed by atoms with E-state index in [0.29, 0.717) is 17.6 Å². The molecule has 3 rings (SSSR count). The lowest BCUT2D eigenvalue weighted by Gasteiger charge is -2.08. The van der Waals surface area contributed by atoms with Gasteiger partial charge in [0.15, 0.2) is 0 Å². The number of carbonyl (C=O) groups is 1. The Morgan fingerprint density at radius 1 is 1.14 bits per heavy atom. The van der Waals surface area contributed by atoms with Gasteiger partial charge in [0.1, 0.15) is 5.78 Å². The van der Waals surface area contributed by atoms with E-state index in [-0.39, 0.29) is 0 Å². The predicted octanol–water partition coefficient (Wildman–Crippen LogP) is 2.98. The van der Waals surface area contributed by atoms with Crippen LogP contribution >= 0.6 is 11.3 Å². The first-order valence-corrected chi connectivity index (χ1v) is 6.09. The fourth-order valence-electron chi connectivity index (χ4n) is 3.23. The third-order valence-electron chi connectivity index (χ3n) is 3.78. The standard InChI is InChI=1S/C12H14OS/c1-6-10-4-8-3-9(13)5-11(8)12(10)7(2)14-6/h8,11H,3-5H2,1-2H3. The summed E-state index contributed by atoms with van der Waals surface area (Å²) in [7, 11) is 0. The summed E-state index contributed by atoms with van der Waals surface area (Å²) in [5.41, 5.74) is 3.12. The van der Waals surface area contributed by atoms with Gasteiger partial charge in [-0.05, 0) is 43.2 Å². The molecule has 0 aromatic carbocycles. The predicted molar refractivity (Wildman–Crippen MR) is 58.0 cm³/mol. The van der Waals surface area contributed by atoms with Crippen molar-refractivity contribution < 1.29 is 4.79 Å². The fourth-order valence-corrected chi connectivity index (χ4v) is 4.39. The Balaban J connectivity index is 2.11. The monoisotopic (exact) mass is 206 g/mol. The molecular weight excluding hydrogens is 192 g/mol. The second kappa shape index (κ2) is 2.69. The SMILES string of the molecule is Cc1sc(C)c2c1CC1CC(=O)CC21. The summed E-state index contributed by atoms with van der Waals surface area (Å²) in [5.74, 6) is 1.72. The van der Waals surface area contributed by atoms with Gasteiger partial charge in [0.2, 0.25) is 0 Å². The molecule has 1 fully saturated rings. The van der Waals surface area contributed by atoms with Crippen LogP contribution in [0.4, 0.5) is 0 Å². The third kappa shape index (κ3) is 0.977. The molecule has 0 spiro atoms. The number of Topliss-reactive ketones (excluding diaryl/α,β-unsaturated/α-hetero) is 1. The Morgan fingerprint density at radius 3 is 2.71 bits per heavy atom. The topological polar surface area (TPSA) is 17.1 Å². The van der Waals surface area contributed by atoms with E-state index in [2.05, 4.69) is 13.8 Å². The number of thiophene rings is 1. The number of fused-ring (bicyclic) bond motifs is 3. The highest BCUT2D eigenvalue weighted by atomic mass is 32.1. The summed E-state index contributed by atoms with van der Waals surface area (Å²) in [5, 5.41) is 0. The molecule has 14 heavy (non-hydrogen) atoms. The lowest BCUT2D eigenvalue weighted by molar-refractivity contribution is -0.117. The van der Waals surface area contributed by atoms with Crippen molar-refractivity contribution in [3.63, 3.8) is 0 Å². The highest BCUT2D eigenvalue weighted by Crippen LogP contribution is 2.51. The Bertz CT molecular complexity index is 416. The Hall–Kier alpha value is -0.630. The van der Waals surface area contributed by atoms with E-state index in [4.69, 9.17) is 0 Å². The average molecular weight is 206 g/mol. The number of hydrogen-bond donors (Lipinski definition) is 0. The first kappa shape index (κ1) is 8.66. The zero-order valence-corrected chi connectivity index (χ0v) is 9.41. The van der Waals surface area contributed by atoms with Crippen LogP contribution in [0.5, 0.6) is 0 Å². The molecule has 2 atom stereocenters. The highest BCUT2D eigenvalue weighted by molar-refractivity contribution is 7.12. The number of hydrogen-bond acceptors (Lipinski definition) is 2. The summed E-state index contributed by atoms with van der Waals surface area (Å²) in [4.78, 5) is 14.3. The van der Waals surface area contributed by atoms with Gasteiger partial charge in [-0.3, -0.25) is 4.79 Å². The van der Waals surface area contributed by atoms with Gasteiger partial charge in [-0.25, -0.2) is 0 Å². The van der Waals surface area contributed by atoms with E-state index in [1.54, 1.807) is 11.1 Å². The van der Waals surface area contributed by atoms with Crippen LogP contribution in [0.1, 0.15) is 39.6 Å². The van der Waals surface area contributed by atoms with Crippen molar-refractivity contribution in [1.29, 1.82) is 0 Å². The zero-order valence-electron chi connectivity index (χ0n) is 8.59. The molecule has 1 heterocycles. The first-order valence-electron chi connectivity index (χ1n) is 5.27. The summed E-state index contributed by atoms with van der Waals surface area (Å²) in [6.45, 7) is 4.43. The summed E-state index contributed by atoms with van der Waals surface area (Å²) in [6.07, 6.45) is 2.82. The molecule has 1 aromatic heterocycles. The van der Waals surface area contributed by atoms with Crippen LogP contribution in [0.2, 0.25) is 0 Å². The molecule has 1 aromatic rings. The average Bonchev–Trinajstić information content (AvgIpc) is 2.64. The molecule has 2 aliphatic rings. The molecule has 2 heteroatoms. The second-order valence-corrected chi connectivity index (χ2v) is 6.05.